The molecule has 2 N–H and O–H groups in total. The third-order valence-electron chi connectivity index (χ3n) is 5.03. The van der Waals surface area contributed by atoms with Crippen LogP contribution in [0.25, 0.3) is 21.5 Å². The molecule has 0 spiro atoms. The molecule has 4 aromatic carbocycles. The van der Waals surface area contributed by atoms with Gasteiger partial charge in [-0.05, 0) is 40.5 Å². The normalized spacial score (nSPS) is 11.4. The SMILES string of the molecule is CCC(c1ccc(O)c2ccccc12)c1ccc(O)c2ccccc12. The molecule has 0 aliphatic heterocycles. The number of aromatic hydroxyl groups is 2. The molecular weight excluding hydrogens is 308 g/mol. The van der Waals surface area contributed by atoms with Gasteiger partial charge < -0.3 is 10.2 Å². The Morgan fingerprint density at radius 2 is 1.00 bits per heavy atom. The van der Waals surface area contributed by atoms with Gasteiger partial charge in [-0.3, -0.25) is 0 Å². The molecule has 0 saturated carbocycles. The van der Waals surface area contributed by atoms with Crippen molar-refractivity contribution in [2.45, 2.75) is 19.3 Å². The van der Waals surface area contributed by atoms with Gasteiger partial charge in [0.1, 0.15) is 11.5 Å². The van der Waals surface area contributed by atoms with E-state index in [9.17, 15) is 10.2 Å². The summed E-state index contributed by atoms with van der Waals surface area (Å²) in [6.07, 6.45) is 0.934. The molecule has 4 aromatic rings. The van der Waals surface area contributed by atoms with Crippen LogP contribution in [0, 0.1) is 0 Å². The van der Waals surface area contributed by atoms with Crippen LogP contribution in [0.15, 0.2) is 72.8 Å². The van der Waals surface area contributed by atoms with Crippen molar-refractivity contribution < 1.29 is 10.2 Å². The summed E-state index contributed by atoms with van der Waals surface area (Å²) in [4.78, 5) is 0. The highest BCUT2D eigenvalue weighted by Gasteiger charge is 2.19. The van der Waals surface area contributed by atoms with Crippen LogP contribution in [-0.2, 0) is 0 Å². The smallest absolute Gasteiger partial charge is 0.123 e. The van der Waals surface area contributed by atoms with E-state index >= 15 is 0 Å². The van der Waals surface area contributed by atoms with E-state index in [0.717, 1.165) is 28.0 Å². The minimum Gasteiger partial charge on any atom is -0.507 e. The van der Waals surface area contributed by atoms with Crippen LogP contribution < -0.4 is 0 Å². The minimum absolute atomic E-state index is 0.191. The lowest BCUT2D eigenvalue weighted by Crippen LogP contribution is -2.02. The van der Waals surface area contributed by atoms with Gasteiger partial charge in [0.15, 0.2) is 0 Å². The summed E-state index contributed by atoms with van der Waals surface area (Å²) in [7, 11) is 0. The van der Waals surface area contributed by atoms with Crippen molar-refractivity contribution in [2.75, 3.05) is 0 Å². The number of rotatable bonds is 3. The van der Waals surface area contributed by atoms with E-state index < -0.39 is 0 Å². The second kappa shape index (κ2) is 6.14. The maximum Gasteiger partial charge on any atom is 0.123 e. The van der Waals surface area contributed by atoms with Crippen LogP contribution in [-0.4, -0.2) is 10.2 Å². The van der Waals surface area contributed by atoms with Crippen LogP contribution in [0.3, 0.4) is 0 Å². The fourth-order valence-electron chi connectivity index (χ4n) is 3.83. The fraction of sp³-hybridized carbons (Fsp3) is 0.130. The summed E-state index contributed by atoms with van der Waals surface area (Å²) in [6, 6.07) is 23.6. The lowest BCUT2D eigenvalue weighted by molar-refractivity contribution is 0.481. The van der Waals surface area contributed by atoms with Gasteiger partial charge in [0.25, 0.3) is 0 Å². The quantitative estimate of drug-likeness (QED) is 0.488. The summed E-state index contributed by atoms with van der Waals surface area (Å²) in [5, 5.41) is 24.3. The third-order valence-corrected chi connectivity index (χ3v) is 5.03. The number of benzene rings is 4. The molecule has 124 valence electrons. The van der Waals surface area contributed by atoms with E-state index in [2.05, 4.69) is 19.1 Å². The van der Waals surface area contributed by atoms with Gasteiger partial charge in [0.2, 0.25) is 0 Å². The molecule has 2 heteroatoms. The van der Waals surface area contributed by atoms with E-state index in [-0.39, 0.29) is 5.92 Å². The summed E-state index contributed by atoms with van der Waals surface area (Å²) >= 11 is 0. The first-order valence-electron chi connectivity index (χ1n) is 8.62. The summed E-state index contributed by atoms with van der Waals surface area (Å²) in [5.74, 6) is 0.811. The van der Waals surface area contributed by atoms with Gasteiger partial charge in [-0.15, -0.1) is 0 Å². The van der Waals surface area contributed by atoms with Gasteiger partial charge in [-0.1, -0.05) is 67.6 Å². The zero-order valence-corrected chi connectivity index (χ0v) is 14.1. The Labute approximate surface area is 147 Å². The summed E-state index contributed by atoms with van der Waals surface area (Å²) in [6.45, 7) is 2.17. The van der Waals surface area contributed by atoms with Gasteiger partial charge in [-0.25, -0.2) is 0 Å². The van der Waals surface area contributed by atoms with E-state index in [1.54, 1.807) is 12.1 Å². The molecule has 0 aliphatic rings. The van der Waals surface area contributed by atoms with Gasteiger partial charge in [0.05, 0.1) is 0 Å². The maximum atomic E-state index is 10.2. The standard InChI is InChI=1S/C23H20O2/c1-2-15(18-11-13-22(24)20-9-5-3-7-16(18)20)19-12-14-23(25)21-10-6-4-8-17(19)21/h3-15,24-25H,2H2,1H3. The van der Waals surface area contributed by atoms with E-state index in [1.165, 1.54) is 11.1 Å². The van der Waals surface area contributed by atoms with Crippen LogP contribution in [0.1, 0.15) is 30.4 Å². The van der Waals surface area contributed by atoms with E-state index in [1.807, 2.05) is 48.5 Å². The Kier molecular flexibility index (Phi) is 3.81. The molecule has 0 bridgehead atoms. The molecule has 0 amide bonds. The number of hydrogen-bond donors (Lipinski definition) is 2. The molecule has 0 fully saturated rings. The van der Waals surface area contributed by atoms with Crippen LogP contribution in [0.2, 0.25) is 0 Å². The number of phenolic OH excluding ortho intramolecular Hbond substituents is 2. The second-order valence-corrected chi connectivity index (χ2v) is 6.40. The Hall–Kier alpha value is -3.00. The highest BCUT2D eigenvalue weighted by atomic mass is 16.3. The van der Waals surface area contributed by atoms with Crippen LogP contribution >= 0.6 is 0 Å². The summed E-state index contributed by atoms with van der Waals surface area (Å²) < 4.78 is 0. The molecule has 0 unspecified atom stereocenters. The van der Waals surface area contributed by atoms with Crippen molar-refractivity contribution in [1.29, 1.82) is 0 Å². The molecule has 25 heavy (non-hydrogen) atoms. The largest absolute Gasteiger partial charge is 0.507 e. The first-order valence-corrected chi connectivity index (χ1v) is 8.62. The Balaban J connectivity index is 2.00. The van der Waals surface area contributed by atoms with Crippen molar-refractivity contribution in [1.82, 2.24) is 0 Å². The number of hydrogen-bond acceptors (Lipinski definition) is 2. The molecule has 0 aromatic heterocycles. The minimum atomic E-state index is 0.191. The average Bonchev–Trinajstić information content (AvgIpc) is 2.66. The number of fused-ring (bicyclic) bond motifs is 2. The molecule has 0 saturated heterocycles. The zero-order chi connectivity index (χ0) is 17.4. The van der Waals surface area contributed by atoms with Crippen LogP contribution in [0.4, 0.5) is 0 Å². The van der Waals surface area contributed by atoms with Crippen molar-refractivity contribution in [3.8, 4) is 11.5 Å². The Bertz CT molecular complexity index is 981. The van der Waals surface area contributed by atoms with E-state index in [4.69, 9.17) is 0 Å². The van der Waals surface area contributed by atoms with E-state index in [0.29, 0.717) is 11.5 Å². The second-order valence-electron chi connectivity index (χ2n) is 6.40. The zero-order valence-electron chi connectivity index (χ0n) is 14.1. The fourth-order valence-corrected chi connectivity index (χ4v) is 3.83. The van der Waals surface area contributed by atoms with Gasteiger partial charge >= 0.3 is 0 Å². The summed E-state index contributed by atoms with van der Waals surface area (Å²) in [5.41, 5.74) is 2.40. The monoisotopic (exact) mass is 328 g/mol. The highest BCUT2D eigenvalue weighted by Crippen LogP contribution is 2.40. The highest BCUT2D eigenvalue weighted by molar-refractivity contribution is 5.94. The lowest BCUT2D eigenvalue weighted by atomic mass is 9.83. The van der Waals surface area contributed by atoms with Gasteiger partial charge in [0, 0.05) is 16.7 Å². The maximum absolute atomic E-state index is 10.2. The average molecular weight is 328 g/mol. The van der Waals surface area contributed by atoms with Crippen molar-refractivity contribution in [2.24, 2.45) is 0 Å². The number of phenols is 2. The molecule has 0 atom stereocenters. The van der Waals surface area contributed by atoms with Crippen molar-refractivity contribution >= 4 is 21.5 Å². The third kappa shape index (κ3) is 2.51. The topological polar surface area (TPSA) is 40.5 Å². The first-order chi connectivity index (χ1) is 12.2. The first kappa shape index (κ1) is 15.5. The molecule has 0 radical (unpaired) electrons. The van der Waals surface area contributed by atoms with Crippen molar-refractivity contribution in [3.05, 3.63) is 83.9 Å². The molecule has 4 rings (SSSR count). The molecular formula is C23H20O2. The predicted octanol–water partition coefficient (Wildman–Crippen LogP) is 5.95. The van der Waals surface area contributed by atoms with Crippen LogP contribution in [0.5, 0.6) is 11.5 Å². The van der Waals surface area contributed by atoms with Gasteiger partial charge in [-0.2, -0.15) is 0 Å². The Morgan fingerprint density at radius 1 is 0.600 bits per heavy atom. The Morgan fingerprint density at radius 3 is 1.40 bits per heavy atom. The molecule has 0 heterocycles. The van der Waals surface area contributed by atoms with Crippen molar-refractivity contribution in [3.63, 3.8) is 0 Å². The molecule has 2 nitrogen and oxygen atoms in total. The lowest BCUT2D eigenvalue weighted by Gasteiger charge is -2.21. The predicted molar refractivity (Wildman–Crippen MR) is 103 cm³/mol. The molecule has 0 aliphatic carbocycles.